The third-order valence-corrected chi connectivity index (χ3v) is 7.82. The minimum atomic E-state index is -2.83. The van der Waals surface area contributed by atoms with Crippen LogP contribution in [0.4, 0.5) is 8.78 Å². The zero-order valence-electron chi connectivity index (χ0n) is 29.5. The van der Waals surface area contributed by atoms with Gasteiger partial charge in [0.25, 0.3) is 5.92 Å². The second kappa shape index (κ2) is 16.6. The van der Waals surface area contributed by atoms with Crippen LogP contribution in [0.1, 0.15) is 107 Å². The van der Waals surface area contributed by atoms with Gasteiger partial charge in [-0.05, 0) is 77.0 Å². The summed E-state index contributed by atoms with van der Waals surface area (Å²) < 4.78 is 32.5. The first kappa shape index (κ1) is 39.3. The fourth-order valence-electron chi connectivity index (χ4n) is 4.97. The van der Waals surface area contributed by atoms with E-state index in [9.17, 15) is 18.7 Å². The molecule has 1 unspecified atom stereocenters. The SMILES string of the molecule is C/C=C(\N=NC)C1CC1.CCc1ccc(OC(C)(C)C)cc1C(C)(F)F.CN=C([C@@H](C)C(C)(C)C)N1CC(O)C[C@H]1C(C)=O. The Hall–Kier alpha value is -2.68. The Bertz CT molecular complexity index is 1160. The van der Waals surface area contributed by atoms with Gasteiger partial charge in [0, 0.05) is 51.4 Å². The van der Waals surface area contributed by atoms with E-state index in [0.29, 0.717) is 30.7 Å². The number of alkyl halides is 2. The summed E-state index contributed by atoms with van der Waals surface area (Å²) in [6.07, 6.45) is 5.34. The van der Waals surface area contributed by atoms with Crippen LogP contribution in [0, 0.1) is 17.3 Å². The third-order valence-electron chi connectivity index (χ3n) is 7.82. The van der Waals surface area contributed by atoms with Crippen LogP contribution >= 0.6 is 0 Å². The molecule has 0 bridgehead atoms. The highest BCUT2D eigenvalue weighted by Crippen LogP contribution is 2.37. The molecule has 1 saturated carbocycles. The summed E-state index contributed by atoms with van der Waals surface area (Å²) in [6.45, 7) is 21.2. The van der Waals surface area contributed by atoms with E-state index in [1.165, 1.54) is 18.9 Å². The summed E-state index contributed by atoms with van der Waals surface area (Å²) in [5.41, 5.74) is 1.59. The lowest BCUT2D eigenvalue weighted by Crippen LogP contribution is -2.45. The molecule has 2 fully saturated rings. The van der Waals surface area contributed by atoms with Crippen LogP contribution in [0.25, 0.3) is 0 Å². The Kier molecular flexibility index (Phi) is 14.8. The number of aryl methyl sites for hydroxylation is 1. The van der Waals surface area contributed by atoms with E-state index >= 15 is 0 Å². The van der Waals surface area contributed by atoms with E-state index in [4.69, 9.17) is 4.74 Å². The predicted octanol–water partition coefficient (Wildman–Crippen LogP) is 8.64. The van der Waals surface area contributed by atoms with E-state index in [-0.39, 0.29) is 34.3 Å². The van der Waals surface area contributed by atoms with E-state index in [0.717, 1.165) is 24.4 Å². The minimum absolute atomic E-state index is 0.0572. The number of aliphatic hydroxyl groups excluding tert-OH is 1. The van der Waals surface area contributed by atoms with Gasteiger partial charge in [-0.2, -0.15) is 10.2 Å². The Labute approximate surface area is 265 Å². The van der Waals surface area contributed by atoms with Crippen LogP contribution in [0.5, 0.6) is 5.75 Å². The topological polar surface area (TPSA) is 86.8 Å². The van der Waals surface area contributed by atoms with Crippen molar-refractivity contribution in [3.05, 3.63) is 41.1 Å². The molecule has 0 amide bonds. The van der Waals surface area contributed by atoms with Gasteiger partial charge >= 0.3 is 0 Å². The van der Waals surface area contributed by atoms with Crippen LogP contribution < -0.4 is 4.74 Å². The second-order valence-electron chi connectivity index (χ2n) is 13.9. The van der Waals surface area contributed by atoms with Crippen molar-refractivity contribution in [1.82, 2.24) is 4.90 Å². The molecule has 2 aliphatic rings. The van der Waals surface area contributed by atoms with Crippen molar-refractivity contribution in [1.29, 1.82) is 0 Å². The van der Waals surface area contributed by atoms with Crippen molar-refractivity contribution < 1.29 is 23.4 Å². The fourth-order valence-corrected chi connectivity index (χ4v) is 4.97. The van der Waals surface area contributed by atoms with Gasteiger partial charge in [-0.25, -0.2) is 8.78 Å². The number of amidine groups is 1. The number of halogens is 2. The van der Waals surface area contributed by atoms with Crippen molar-refractivity contribution in [2.45, 2.75) is 126 Å². The van der Waals surface area contributed by atoms with Crippen molar-refractivity contribution in [3.8, 4) is 5.75 Å². The average Bonchev–Trinajstić information content (AvgIpc) is 3.67. The first-order valence-corrected chi connectivity index (χ1v) is 15.8. The molecule has 1 aliphatic carbocycles. The normalized spacial score (nSPS) is 20.5. The molecule has 0 radical (unpaired) electrons. The summed E-state index contributed by atoms with van der Waals surface area (Å²) >= 11 is 0. The molecule has 1 saturated heterocycles. The number of Topliss-reactive ketones (excluding diaryl/α,β-unsaturated/α-hetero) is 1. The number of aliphatic imine (C=N–C) groups is 1. The van der Waals surface area contributed by atoms with Gasteiger partial charge in [0.05, 0.1) is 17.8 Å². The van der Waals surface area contributed by atoms with Gasteiger partial charge in [0.15, 0.2) is 5.78 Å². The first-order chi connectivity index (χ1) is 20.2. The lowest BCUT2D eigenvalue weighted by molar-refractivity contribution is -0.120. The smallest absolute Gasteiger partial charge is 0.270 e. The maximum atomic E-state index is 13.5. The zero-order chi connectivity index (χ0) is 34.0. The molecular formula is C35H58F2N4O3. The summed E-state index contributed by atoms with van der Waals surface area (Å²) in [4.78, 5) is 18.1. The van der Waals surface area contributed by atoms with Crippen molar-refractivity contribution in [2.75, 3.05) is 20.6 Å². The van der Waals surface area contributed by atoms with E-state index in [1.807, 2.05) is 45.6 Å². The van der Waals surface area contributed by atoms with Gasteiger partial charge in [-0.15, -0.1) is 0 Å². The molecule has 1 aromatic rings. The van der Waals surface area contributed by atoms with Gasteiger partial charge in [0.1, 0.15) is 17.2 Å². The number of aliphatic hydroxyl groups is 1. The van der Waals surface area contributed by atoms with E-state index in [2.05, 4.69) is 42.9 Å². The second-order valence-corrected chi connectivity index (χ2v) is 13.9. The number of benzene rings is 1. The molecule has 1 heterocycles. The summed E-state index contributed by atoms with van der Waals surface area (Å²) in [5, 5.41) is 17.5. The number of nitrogens with zero attached hydrogens (tertiary/aromatic N) is 4. The monoisotopic (exact) mass is 620 g/mol. The highest BCUT2D eigenvalue weighted by atomic mass is 19.3. The standard InChI is InChI=1S/C14H20F2O.C14H26N2O2.C7H12N2/c1-6-10-7-8-11(17-13(2,3)4)9-12(10)14(5,15)16;1-9(14(3,4)5)13(15-6)16-8-11(18)7-12(16)10(2)17;1-3-7(9-8-2)6-4-5-6/h7-9H,6H2,1-5H3;9,11-12,18H,7-8H2,1-6H3;3,6H,4-5H2,1-2H3/b;;7-3-,9-8?/t;9-,11?,12+;/m.1./s1. The summed E-state index contributed by atoms with van der Waals surface area (Å²) in [7, 11) is 3.48. The number of β-amino-alcohol motifs (C(OH)–C–C–N with tert-alkyl or cyclic N) is 1. The van der Waals surface area contributed by atoms with Gasteiger partial charge in [-0.1, -0.05) is 46.8 Å². The Morgan fingerprint density at radius 2 is 1.73 bits per heavy atom. The molecule has 1 N–H and O–H groups in total. The molecule has 3 rings (SSSR count). The molecule has 0 spiro atoms. The largest absolute Gasteiger partial charge is 0.488 e. The van der Waals surface area contributed by atoms with Crippen LogP contribution in [-0.2, 0) is 17.1 Å². The van der Waals surface area contributed by atoms with Gasteiger partial charge in [-0.3, -0.25) is 9.79 Å². The van der Waals surface area contributed by atoms with Crippen LogP contribution in [-0.4, -0.2) is 60.0 Å². The number of rotatable bonds is 7. The van der Waals surface area contributed by atoms with E-state index in [1.54, 1.807) is 33.2 Å². The van der Waals surface area contributed by atoms with Crippen LogP contribution in [0.2, 0.25) is 0 Å². The number of carbonyl (C=O) groups is 1. The highest BCUT2D eigenvalue weighted by Gasteiger charge is 2.39. The number of ketones is 1. The molecule has 9 heteroatoms. The molecule has 0 aromatic heterocycles. The van der Waals surface area contributed by atoms with Crippen LogP contribution in [0.15, 0.2) is 45.2 Å². The van der Waals surface area contributed by atoms with Crippen LogP contribution in [0.3, 0.4) is 0 Å². The number of hydrogen-bond acceptors (Lipinski definition) is 6. The summed E-state index contributed by atoms with van der Waals surface area (Å²) in [6, 6.07) is 4.69. The molecule has 7 nitrogen and oxygen atoms in total. The van der Waals surface area contributed by atoms with Crippen molar-refractivity contribution in [3.63, 3.8) is 0 Å². The minimum Gasteiger partial charge on any atom is -0.488 e. The molecule has 44 heavy (non-hydrogen) atoms. The molecule has 250 valence electrons. The molecular weight excluding hydrogens is 562 g/mol. The number of ether oxygens (including phenoxy) is 1. The number of allylic oxidation sites excluding steroid dienone is 2. The van der Waals surface area contributed by atoms with Gasteiger partial charge < -0.3 is 14.7 Å². The third kappa shape index (κ3) is 12.7. The quantitative estimate of drug-likeness (QED) is 0.188. The van der Waals surface area contributed by atoms with Gasteiger partial charge in [0.2, 0.25) is 0 Å². The Morgan fingerprint density at radius 1 is 1.14 bits per heavy atom. The predicted molar refractivity (Wildman–Crippen MR) is 177 cm³/mol. The maximum Gasteiger partial charge on any atom is 0.270 e. The average molecular weight is 621 g/mol. The fraction of sp³-hybridized carbons (Fsp3) is 0.714. The summed E-state index contributed by atoms with van der Waals surface area (Å²) in [5.74, 6) is -0.324. The lowest BCUT2D eigenvalue weighted by Gasteiger charge is -2.35. The molecule has 1 aliphatic heterocycles. The maximum absolute atomic E-state index is 13.5. The molecule has 1 aromatic carbocycles. The Balaban J connectivity index is 0.000000347. The number of hydrogen-bond donors (Lipinski definition) is 1. The highest BCUT2D eigenvalue weighted by molar-refractivity contribution is 5.92. The first-order valence-electron chi connectivity index (χ1n) is 15.8. The number of carbonyl (C=O) groups excluding carboxylic acids is 1. The number of azo groups is 1. The van der Waals surface area contributed by atoms with Crippen molar-refractivity contribution >= 4 is 11.6 Å². The zero-order valence-corrected chi connectivity index (χ0v) is 29.5. The molecule has 3 atom stereocenters. The van der Waals surface area contributed by atoms with E-state index < -0.39 is 12.0 Å². The lowest BCUT2D eigenvalue weighted by atomic mass is 9.80. The Morgan fingerprint density at radius 3 is 2.11 bits per heavy atom. The van der Waals surface area contributed by atoms with Crippen molar-refractivity contribution in [2.24, 2.45) is 32.5 Å². The number of likely N-dealkylation sites (tertiary alicyclic amines) is 1.